The highest BCUT2D eigenvalue weighted by molar-refractivity contribution is 8.01. The van der Waals surface area contributed by atoms with Gasteiger partial charge in [-0.3, -0.25) is 4.79 Å². The van der Waals surface area contributed by atoms with E-state index in [1.165, 1.54) is 11.8 Å². The lowest BCUT2D eigenvalue weighted by atomic mass is 10.1. The van der Waals surface area contributed by atoms with Crippen molar-refractivity contribution in [3.8, 4) is 0 Å². The quantitative estimate of drug-likeness (QED) is 0.407. The molecule has 0 fully saturated rings. The average molecular weight is 355 g/mol. The van der Waals surface area contributed by atoms with E-state index >= 15 is 0 Å². The van der Waals surface area contributed by atoms with Crippen LogP contribution in [-0.4, -0.2) is 22.4 Å². The number of carbonyl (C=O) groups is 1. The smallest absolute Gasteiger partial charge is 0.250 e. The Morgan fingerprint density at radius 1 is 1.17 bits per heavy atom. The number of nitrogens with zero attached hydrogens (tertiary/aromatic N) is 2. The van der Waals surface area contributed by atoms with Crippen molar-refractivity contribution < 1.29 is 4.79 Å². The monoisotopic (exact) mass is 355 g/mol. The number of aromatic nitrogens is 1. The number of para-hydroxylation sites is 1. The number of hydrogen-bond donors (Lipinski definition) is 1. The van der Waals surface area contributed by atoms with Gasteiger partial charge in [0.1, 0.15) is 0 Å². The first kappa shape index (κ1) is 16.7. The predicted molar refractivity (Wildman–Crippen MR) is 102 cm³/mol. The Kier molecular flexibility index (Phi) is 5.61. The standard InChI is InChI=1S/C18H17N3OS2/c1-2-14(13-8-4-3-5-9-13)20-21-17(22)12-23-18-19-15-10-6-7-11-16(15)24-18/h3-11H,2,12H2,1H3,(H,21,22). The number of benzene rings is 2. The van der Waals surface area contributed by atoms with Crippen molar-refractivity contribution >= 4 is 44.9 Å². The molecule has 0 bridgehead atoms. The normalized spacial score (nSPS) is 11.6. The fraction of sp³-hybridized carbons (Fsp3) is 0.167. The molecule has 0 spiro atoms. The third kappa shape index (κ3) is 4.21. The molecule has 3 rings (SSSR count). The third-order valence-electron chi connectivity index (χ3n) is 3.36. The van der Waals surface area contributed by atoms with Crippen LogP contribution in [0.5, 0.6) is 0 Å². The topological polar surface area (TPSA) is 54.4 Å². The molecule has 6 heteroatoms. The summed E-state index contributed by atoms with van der Waals surface area (Å²) in [6, 6.07) is 17.8. The van der Waals surface area contributed by atoms with Crippen LogP contribution in [0.15, 0.2) is 64.0 Å². The second-order valence-electron chi connectivity index (χ2n) is 5.05. The number of nitrogens with one attached hydrogen (secondary N) is 1. The van der Waals surface area contributed by atoms with Crippen LogP contribution in [0.4, 0.5) is 0 Å². The van der Waals surface area contributed by atoms with Gasteiger partial charge >= 0.3 is 0 Å². The van der Waals surface area contributed by atoms with Crippen molar-refractivity contribution in [2.75, 3.05) is 5.75 Å². The molecule has 1 aromatic heterocycles. The van der Waals surface area contributed by atoms with Crippen LogP contribution in [0.3, 0.4) is 0 Å². The summed E-state index contributed by atoms with van der Waals surface area (Å²) >= 11 is 3.04. The summed E-state index contributed by atoms with van der Waals surface area (Å²) < 4.78 is 2.03. The fourth-order valence-corrected chi connectivity index (χ4v) is 4.04. The van der Waals surface area contributed by atoms with E-state index < -0.39 is 0 Å². The molecule has 0 aliphatic rings. The van der Waals surface area contributed by atoms with Gasteiger partial charge in [0.2, 0.25) is 0 Å². The molecular formula is C18H17N3OS2. The van der Waals surface area contributed by atoms with Gasteiger partial charge < -0.3 is 0 Å². The molecule has 2 aromatic carbocycles. The zero-order chi connectivity index (χ0) is 16.8. The Morgan fingerprint density at radius 2 is 1.92 bits per heavy atom. The van der Waals surface area contributed by atoms with Crippen molar-refractivity contribution in [2.24, 2.45) is 5.10 Å². The van der Waals surface area contributed by atoms with Gasteiger partial charge in [-0.2, -0.15) is 5.10 Å². The van der Waals surface area contributed by atoms with Crippen LogP contribution >= 0.6 is 23.1 Å². The van der Waals surface area contributed by atoms with Gasteiger partial charge in [0.05, 0.1) is 21.7 Å². The first-order chi connectivity index (χ1) is 11.8. The van der Waals surface area contributed by atoms with E-state index in [1.807, 2.05) is 61.5 Å². The molecule has 1 heterocycles. The summed E-state index contributed by atoms with van der Waals surface area (Å²) in [5.41, 5.74) is 5.51. The summed E-state index contributed by atoms with van der Waals surface area (Å²) in [5, 5.41) is 4.25. The van der Waals surface area contributed by atoms with E-state index in [9.17, 15) is 4.79 Å². The molecule has 24 heavy (non-hydrogen) atoms. The Morgan fingerprint density at radius 3 is 2.67 bits per heavy atom. The second-order valence-corrected chi connectivity index (χ2v) is 7.30. The zero-order valence-electron chi connectivity index (χ0n) is 13.2. The molecule has 0 unspecified atom stereocenters. The van der Waals surface area contributed by atoms with Crippen molar-refractivity contribution in [1.82, 2.24) is 10.4 Å². The van der Waals surface area contributed by atoms with E-state index in [4.69, 9.17) is 0 Å². The van der Waals surface area contributed by atoms with Gasteiger partial charge in [0, 0.05) is 0 Å². The molecule has 4 nitrogen and oxygen atoms in total. The van der Waals surface area contributed by atoms with Gasteiger partial charge in [-0.05, 0) is 24.1 Å². The number of thioether (sulfide) groups is 1. The van der Waals surface area contributed by atoms with Crippen molar-refractivity contribution in [1.29, 1.82) is 0 Å². The van der Waals surface area contributed by atoms with E-state index in [2.05, 4.69) is 15.5 Å². The summed E-state index contributed by atoms with van der Waals surface area (Å²) in [6.07, 6.45) is 0.759. The molecule has 1 amide bonds. The molecule has 3 aromatic rings. The molecule has 0 saturated heterocycles. The number of carbonyl (C=O) groups excluding carboxylic acids is 1. The molecule has 122 valence electrons. The van der Waals surface area contributed by atoms with Crippen LogP contribution < -0.4 is 5.43 Å². The number of hydrazone groups is 1. The maximum Gasteiger partial charge on any atom is 0.250 e. The van der Waals surface area contributed by atoms with Gasteiger partial charge in [0.25, 0.3) is 5.91 Å². The number of hydrogen-bond acceptors (Lipinski definition) is 5. The lowest BCUT2D eigenvalue weighted by Crippen LogP contribution is -2.21. The molecule has 0 aliphatic carbocycles. The summed E-state index contributed by atoms with van der Waals surface area (Å²) in [7, 11) is 0. The molecule has 0 saturated carbocycles. The van der Waals surface area contributed by atoms with Crippen LogP contribution in [0, 0.1) is 0 Å². The maximum absolute atomic E-state index is 12.0. The first-order valence-corrected chi connectivity index (χ1v) is 9.45. The molecular weight excluding hydrogens is 338 g/mol. The minimum atomic E-state index is -0.124. The van der Waals surface area contributed by atoms with E-state index in [0.29, 0.717) is 5.75 Å². The summed E-state index contributed by atoms with van der Waals surface area (Å²) in [4.78, 5) is 16.5. The molecule has 0 aliphatic heterocycles. The largest absolute Gasteiger partial charge is 0.272 e. The van der Waals surface area contributed by atoms with Gasteiger partial charge in [-0.15, -0.1) is 11.3 Å². The number of thiazole rings is 1. The van der Waals surface area contributed by atoms with Crippen LogP contribution in [0.1, 0.15) is 18.9 Å². The van der Waals surface area contributed by atoms with E-state index in [-0.39, 0.29) is 5.91 Å². The predicted octanol–water partition coefficient (Wildman–Crippen LogP) is 4.32. The second kappa shape index (κ2) is 8.08. The SMILES string of the molecule is CCC(=NNC(=O)CSc1nc2ccccc2s1)c1ccccc1. The van der Waals surface area contributed by atoms with Gasteiger partial charge in [-0.25, -0.2) is 10.4 Å². The highest BCUT2D eigenvalue weighted by Gasteiger charge is 2.08. The summed E-state index contributed by atoms with van der Waals surface area (Å²) in [6.45, 7) is 2.02. The first-order valence-electron chi connectivity index (χ1n) is 7.65. The summed E-state index contributed by atoms with van der Waals surface area (Å²) in [5.74, 6) is 0.177. The Bertz CT molecular complexity index is 826. The number of rotatable bonds is 6. The van der Waals surface area contributed by atoms with Gasteiger partial charge in [0.15, 0.2) is 4.34 Å². The van der Waals surface area contributed by atoms with Crippen LogP contribution in [0.2, 0.25) is 0 Å². The Hall–Kier alpha value is -2.18. The van der Waals surface area contributed by atoms with Gasteiger partial charge in [-0.1, -0.05) is 61.2 Å². The van der Waals surface area contributed by atoms with Crippen molar-refractivity contribution in [3.05, 3.63) is 60.2 Å². The molecule has 0 atom stereocenters. The Balaban J connectivity index is 1.58. The van der Waals surface area contributed by atoms with Crippen LogP contribution in [-0.2, 0) is 4.79 Å². The third-order valence-corrected chi connectivity index (χ3v) is 5.54. The lowest BCUT2D eigenvalue weighted by Gasteiger charge is -2.04. The highest BCUT2D eigenvalue weighted by Crippen LogP contribution is 2.28. The molecule has 1 N–H and O–H groups in total. The Labute approximate surface area is 149 Å². The average Bonchev–Trinajstić information content (AvgIpc) is 3.04. The fourth-order valence-electron chi connectivity index (χ4n) is 2.18. The maximum atomic E-state index is 12.0. The number of amides is 1. The van der Waals surface area contributed by atoms with E-state index in [0.717, 1.165) is 32.3 Å². The van der Waals surface area contributed by atoms with Crippen molar-refractivity contribution in [2.45, 2.75) is 17.7 Å². The van der Waals surface area contributed by atoms with Crippen molar-refractivity contribution in [3.63, 3.8) is 0 Å². The highest BCUT2D eigenvalue weighted by atomic mass is 32.2. The lowest BCUT2D eigenvalue weighted by molar-refractivity contribution is -0.118. The van der Waals surface area contributed by atoms with E-state index in [1.54, 1.807) is 11.3 Å². The number of fused-ring (bicyclic) bond motifs is 1. The minimum absolute atomic E-state index is 0.124. The minimum Gasteiger partial charge on any atom is -0.272 e. The molecule has 0 radical (unpaired) electrons. The zero-order valence-corrected chi connectivity index (χ0v) is 14.9. The van der Waals surface area contributed by atoms with Crippen LogP contribution in [0.25, 0.3) is 10.2 Å².